The Kier molecular flexibility index (Phi) is 5.76. The molecule has 0 bridgehead atoms. The fourth-order valence-electron chi connectivity index (χ4n) is 2.77. The van der Waals surface area contributed by atoms with Crippen molar-refractivity contribution in [2.24, 2.45) is 17.4 Å². The van der Waals surface area contributed by atoms with Crippen molar-refractivity contribution in [1.29, 1.82) is 0 Å². The lowest BCUT2D eigenvalue weighted by molar-refractivity contribution is -0.119. The summed E-state index contributed by atoms with van der Waals surface area (Å²) in [5.74, 6) is -1.85. The first-order chi connectivity index (χ1) is 14.3. The fourth-order valence-corrected chi connectivity index (χ4v) is 2.77. The SMILES string of the molecule is CC(C)C(Nc1nc(Nc2cccc(-n3nccn3)c2)c(C(N)=O)c(=O)[nH]1)C(N)=O. The van der Waals surface area contributed by atoms with Gasteiger partial charge >= 0.3 is 0 Å². The van der Waals surface area contributed by atoms with Crippen LogP contribution in [0.3, 0.4) is 0 Å². The van der Waals surface area contributed by atoms with Gasteiger partial charge in [-0.3, -0.25) is 19.4 Å². The van der Waals surface area contributed by atoms with Gasteiger partial charge in [-0.2, -0.15) is 20.0 Å². The normalized spacial score (nSPS) is 11.8. The number of anilines is 3. The molecular weight excluding hydrogens is 390 g/mol. The van der Waals surface area contributed by atoms with E-state index < -0.39 is 23.4 Å². The lowest BCUT2D eigenvalue weighted by atomic mass is 10.0. The molecule has 12 nitrogen and oxygen atoms in total. The lowest BCUT2D eigenvalue weighted by Crippen LogP contribution is -2.40. The monoisotopic (exact) mass is 411 g/mol. The minimum absolute atomic E-state index is 0.0325. The highest BCUT2D eigenvalue weighted by molar-refractivity contribution is 5.98. The van der Waals surface area contributed by atoms with Gasteiger partial charge in [-0.15, -0.1) is 0 Å². The number of nitrogens with two attached hydrogens (primary N) is 2. The van der Waals surface area contributed by atoms with Crippen molar-refractivity contribution in [2.75, 3.05) is 10.6 Å². The largest absolute Gasteiger partial charge is 0.368 e. The number of primary amides is 2. The van der Waals surface area contributed by atoms with Crippen molar-refractivity contribution in [1.82, 2.24) is 25.0 Å². The second-order valence-corrected chi connectivity index (χ2v) is 6.76. The van der Waals surface area contributed by atoms with Crippen LogP contribution in [-0.2, 0) is 4.79 Å². The molecule has 7 N–H and O–H groups in total. The maximum Gasteiger partial charge on any atom is 0.267 e. The molecule has 1 aromatic carbocycles. The van der Waals surface area contributed by atoms with Gasteiger partial charge < -0.3 is 22.1 Å². The molecule has 0 aliphatic carbocycles. The highest BCUT2D eigenvalue weighted by atomic mass is 16.2. The van der Waals surface area contributed by atoms with Crippen LogP contribution >= 0.6 is 0 Å². The summed E-state index contributed by atoms with van der Waals surface area (Å²) in [4.78, 5) is 44.0. The van der Waals surface area contributed by atoms with E-state index in [-0.39, 0.29) is 23.2 Å². The quantitative estimate of drug-likeness (QED) is 0.345. The molecule has 0 saturated carbocycles. The second-order valence-electron chi connectivity index (χ2n) is 6.76. The number of aromatic nitrogens is 5. The first-order valence-electron chi connectivity index (χ1n) is 9.00. The van der Waals surface area contributed by atoms with Gasteiger partial charge in [0.2, 0.25) is 11.9 Å². The molecule has 1 unspecified atom stereocenters. The van der Waals surface area contributed by atoms with E-state index in [1.54, 1.807) is 38.1 Å². The van der Waals surface area contributed by atoms with Gasteiger partial charge in [0.25, 0.3) is 11.5 Å². The molecule has 0 aliphatic heterocycles. The summed E-state index contributed by atoms with van der Waals surface area (Å²) < 4.78 is 0. The molecule has 0 radical (unpaired) electrons. The van der Waals surface area contributed by atoms with E-state index >= 15 is 0 Å². The van der Waals surface area contributed by atoms with Gasteiger partial charge in [-0.1, -0.05) is 19.9 Å². The Hall–Kier alpha value is -4.22. The number of aromatic amines is 1. The second kappa shape index (κ2) is 8.43. The van der Waals surface area contributed by atoms with Crippen LogP contribution in [0, 0.1) is 5.92 Å². The van der Waals surface area contributed by atoms with Crippen molar-refractivity contribution >= 4 is 29.3 Å². The van der Waals surface area contributed by atoms with E-state index in [0.29, 0.717) is 11.4 Å². The number of benzene rings is 1. The maximum atomic E-state index is 12.5. The van der Waals surface area contributed by atoms with Crippen LogP contribution in [0.1, 0.15) is 24.2 Å². The topological polar surface area (TPSA) is 187 Å². The highest BCUT2D eigenvalue weighted by Gasteiger charge is 2.22. The number of hydrogen-bond donors (Lipinski definition) is 5. The minimum Gasteiger partial charge on any atom is -0.368 e. The van der Waals surface area contributed by atoms with E-state index in [9.17, 15) is 14.4 Å². The molecule has 12 heteroatoms. The van der Waals surface area contributed by atoms with Crippen molar-refractivity contribution in [3.05, 3.63) is 52.6 Å². The molecule has 156 valence electrons. The number of nitrogens with one attached hydrogen (secondary N) is 3. The first kappa shape index (κ1) is 20.5. The molecular formula is C18H21N9O3. The average molecular weight is 411 g/mol. The molecule has 1 atom stereocenters. The summed E-state index contributed by atoms with van der Waals surface area (Å²) in [6.07, 6.45) is 3.07. The Morgan fingerprint density at radius 1 is 1.17 bits per heavy atom. The van der Waals surface area contributed by atoms with Crippen LogP contribution < -0.4 is 27.7 Å². The molecule has 0 aliphatic rings. The summed E-state index contributed by atoms with van der Waals surface area (Å²) in [5.41, 5.74) is 10.8. The molecule has 3 rings (SSSR count). The number of rotatable bonds is 8. The zero-order chi connectivity index (χ0) is 21.8. The van der Waals surface area contributed by atoms with Gasteiger partial charge in [0.05, 0.1) is 18.1 Å². The standard InChI is InChI=1S/C18H21N9O3/c1-9(2)13(15(20)29)24-18-25-16(12(14(19)28)17(30)26-18)23-10-4-3-5-11(8-10)27-21-6-7-22-27/h3-9,13H,1-2H3,(H2,19,28)(H2,20,29)(H3,23,24,25,26,30). The molecule has 0 saturated heterocycles. The summed E-state index contributed by atoms with van der Waals surface area (Å²) in [6, 6.07) is 6.13. The summed E-state index contributed by atoms with van der Waals surface area (Å²) in [5, 5.41) is 13.8. The molecule has 0 spiro atoms. The van der Waals surface area contributed by atoms with E-state index in [1.807, 2.05) is 0 Å². The Bertz CT molecular complexity index is 1120. The van der Waals surface area contributed by atoms with Crippen LogP contribution in [-0.4, -0.2) is 42.8 Å². The fraction of sp³-hybridized carbons (Fsp3) is 0.222. The van der Waals surface area contributed by atoms with Crippen molar-refractivity contribution < 1.29 is 9.59 Å². The summed E-state index contributed by atoms with van der Waals surface area (Å²) >= 11 is 0. The van der Waals surface area contributed by atoms with Gasteiger partial charge in [0.15, 0.2) is 5.82 Å². The average Bonchev–Trinajstić information content (AvgIpc) is 3.20. The summed E-state index contributed by atoms with van der Waals surface area (Å²) in [7, 11) is 0. The Labute approximate surface area is 170 Å². The zero-order valence-corrected chi connectivity index (χ0v) is 16.3. The Balaban J connectivity index is 2.00. The van der Waals surface area contributed by atoms with Crippen molar-refractivity contribution in [2.45, 2.75) is 19.9 Å². The lowest BCUT2D eigenvalue weighted by Gasteiger charge is -2.20. The number of nitrogens with zero attached hydrogens (tertiary/aromatic N) is 4. The third-order valence-corrected chi connectivity index (χ3v) is 4.19. The molecule has 2 heterocycles. The molecule has 2 aromatic heterocycles. The molecule has 2 amide bonds. The minimum atomic E-state index is -0.960. The number of carbonyl (C=O) groups is 2. The smallest absolute Gasteiger partial charge is 0.267 e. The van der Waals surface area contributed by atoms with Crippen LogP contribution in [0.5, 0.6) is 0 Å². The van der Waals surface area contributed by atoms with E-state index in [1.165, 1.54) is 17.2 Å². The van der Waals surface area contributed by atoms with Crippen LogP contribution in [0.2, 0.25) is 0 Å². The summed E-state index contributed by atoms with van der Waals surface area (Å²) in [6.45, 7) is 3.57. The van der Waals surface area contributed by atoms with Crippen molar-refractivity contribution in [3.63, 3.8) is 0 Å². The molecule has 0 fully saturated rings. The maximum absolute atomic E-state index is 12.5. The predicted molar refractivity (Wildman–Crippen MR) is 109 cm³/mol. The van der Waals surface area contributed by atoms with Gasteiger partial charge in [0, 0.05) is 5.69 Å². The van der Waals surface area contributed by atoms with Gasteiger partial charge in [0.1, 0.15) is 11.6 Å². The highest BCUT2D eigenvalue weighted by Crippen LogP contribution is 2.20. The Morgan fingerprint density at radius 2 is 1.87 bits per heavy atom. The van der Waals surface area contributed by atoms with E-state index in [0.717, 1.165) is 0 Å². The van der Waals surface area contributed by atoms with E-state index in [4.69, 9.17) is 11.5 Å². The third kappa shape index (κ3) is 4.43. The van der Waals surface area contributed by atoms with Crippen LogP contribution in [0.15, 0.2) is 41.5 Å². The number of carbonyl (C=O) groups excluding carboxylic acids is 2. The number of amides is 2. The van der Waals surface area contributed by atoms with Crippen molar-refractivity contribution in [3.8, 4) is 5.69 Å². The number of H-pyrrole nitrogens is 1. The first-order valence-corrected chi connectivity index (χ1v) is 9.00. The van der Waals surface area contributed by atoms with Gasteiger partial charge in [-0.05, 0) is 24.1 Å². The molecule has 3 aromatic rings. The van der Waals surface area contributed by atoms with Crippen LogP contribution in [0.4, 0.5) is 17.5 Å². The predicted octanol–water partition coefficient (Wildman–Crippen LogP) is 0.115. The molecule has 30 heavy (non-hydrogen) atoms. The Morgan fingerprint density at radius 3 is 2.47 bits per heavy atom. The number of hydrogen-bond acceptors (Lipinski definition) is 8. The van der Waals surface area contributed by atoms with Crippen LogP contribution in [0.25, 0.3) is 5.69 Å². The van der Waals surface area contributed by atoms with E-state index in [2.05, 4.69) is 30.8 Å². The van der Waals surface area contributed by atoms with Gasteiger partial charge in [-0.25, -0.2) is 0 Å². The third-order valence-electron chi connectivity index (χ3n) is 4.19. The zero-order valence-electron chi connectivity index (χ0n) is 16.3.